The smallest absolute Gasteiger partial charge is 0.267 e. The minimum Gasteiger partial charge on any atom is -0.494 e. The standard InChI is InChI=1S/C21H16ClFN4O3/c1-2-29-15-6-3-13(4-7-15)18-9-10-20(28)27(25-18)12-19-24-21(26-30-19)14-5-8-16(22)17(23)11-14/h3-11H,2,12H2,1H3. The molecule has 0 bridgehead atoms. The van der Waals surface area contributed by atoms with Crippen molar-refractivity contribution in [3.8, 4) is 28.4 Å². The molecule has 0 unspecified atom stereocenters. The van der Waals surface area contributed by atoms with Crippen LogP contribution < -0.4 is 10.3 Å². The molecular weight excluding hydrogens is 411 g/mol. The van der Waals surface area contributed by atoms with Crippen LogP contribution in [0.2, 0.25) is 5.02 Å². The van der Waals surface area contributed by atoms with Gasteiger partial charge in [0.2, 0.25) is 11.7 Å². The SMILES string of the molecule is CCOc1ccc(-c2ccc(=O)n(Cc3nc(-c4ccc(Cl)c(F)c4)no3)n2)cc1. The zero-order valence-corrected chi connectivity index (χ0v) is 16.6. The summed E-state index contributed by atoms with van der Waals surface area (Å²) in [5, 5.41) is 8.22. The Morgan fingerprint density at radius 2 is 1.87 bits per heavy atom. The third-order valence-corrected chi connectivity index (χ3v) is 4.57. The molecule has 0 N–H and O–H groups in total. The zero-order valence-electron chi connectivity index (χ0n) is 15.9. The summed E-state index contributed by atoms with van der Waals surface area (Å²) >= 11 is 5.70. The van der Waals surface area contributed by atoms with Gasteiger partial charge >= 0.3 is 0 Å². The monoisotopic (exact) mass is 426 g/mol. The normalized spacial score (nSPS) is 10.9. The van der Waals surface area contributed by atoms with E-state index in [1.807, 2.05) is 31.2 Å². The van der Waals surface area contributed by atoms with Gasteiger partial charge in [-0.2, -0.15) is 10.1 Å². The van der Waals surface area contributed by atoms with Gasteiger partial charge in [-0.3, -0.25) is 4.79 Å². The lowest BCUT2D eigenvalue weighted by Crippen LogP contribution is -2.23. The maximum atomic E-state index is 13.7. The lowest BCUT2D eigenvalue weighted by molar-refractivity contribution is 0.340. The number of hydrogen-bond acceptors (Lipinski definition) is 6. The van der Waals surface area contributed by atoms with Crippen molar-refractivity contribution in [2.45, 2.75) is 13.5 Å². The van der Waals surface area contributed by atoms with Crippen LogP contribution >= 0.6 is 11.6 Å². The van der Waals surface area contributed by atoms with Gasteiger partial charge < -0.3 is 9.26 Å². The number of ether oxygens (including phenoxy) is 1. The van der Waals surface area contributed by atoms with Crippen molar-refractivity contribution in [3.05, 3.63) is 81.7 Å². The van der Waals surface area contributed by atoms with Gasteiger partial charge in [0.15, 0.2) is 0 Å². The zero-order chi connectivity index (χ0) is 21.1. The Hall–Kier alpha value is -3.52. The van der Waals surface area contributed by atoms with Crippen LogP contribution in [0, 0.1) is 5.82 Å². The molecule has 4 aromatic rings. The number of rotatable bonds is 6. The molecule has 2 heterocycles. The summed E-state index contributed by atoms with van der Waals surface area (Å²) in [6.07, 6.45) is 0. The molecule has 0 atom stereocenters. The Kier molecular flexibility index (Phi) is 5.58. The van der Waals surface area contributed by atoms with Gasteiger partial charge in [0, 0.05) is 17.2 Å². The molecule has 4 rings (SSSR count). The van der Waals surface area contributed by atoms with Crippen molar-refractivity contribution in [2.75, 3.05) is 6.61 Å². The summed E-state index contributed by atoms with van der Waals surface area (Å²) in [6.45, 7) is 2.47. The van der Waals surface area contributed by atoms with Crippen LogP contribution in [0.25, 0.3) is 22.6 Å². The molecule has 0 fully saturated rings. The predicted octanol–water partition coefficient (Wildman–Crippen LogP) is 4.20. The van der Waals surface area contributed by atoms with Crippen molar-refractivity contribution in [1.29, 1.82) is 0 Å². The topological polar surface area (TPSA) is 83.0 Å². The lowest BCUT2D eigenvalue weighted by atomic mass is 10.1. The fraction of sp³-hybridized carbons (Fsp3) is 0.143. The van der Waals surface area contributed by atoms with Crippen molar-refractivity contribution in [1.82, 2.24) is 19.9 Å². The van der Waals surface area contributed by atoms with E-state index >= 15 is 0 Å². The quantitative estimate of drug-likeness (QED) is 0.459. The molecule has 0 saturated carbocycles. The highest BCUT2D eigenvalue weighted by Crippen LogP contribution is 2.23. The van der Waals surface area contributed by atoms with Gasteiger partial charge in [-0.25, -0.2) is 9.07 Å². The van der Waals surface area contributed by atoms with Crippen molar-refractivity contribution >= 4 is 11.6 Å². The molecular formula is C21H16ClFN4O3. The average Bonchev–Trinajstić information content (AvgIpc) is 3.21. The van der Waals surface area contributed by atoms with E-state index in [1.165, 1.54) is 22.9 Å². The van der Waals surface area contributed by atoms with Gasteiger partial charge in [-0.15, -0.1) is 0 Å². The predicted molar refractivity (Wildman–Crippen MR) is 109 cm³/mol. The summed E-state index contributed by atoms with van der Waals surface area (Å²) in [5.74, 6) is 0.531. The second-order valence-corrected chi connectivity index (χ2v) is 6.72. The fourth-order valence-corrected chi connectivity index (χ4v) is 2.92. The Morgan fingerprint density at radius 1 is 1.10 bits per heavy atom. The van der Waals surface area contributed by atoms with E-state index in [2.05, 4.69) is 15.2 Å². The van der Waals surface area contributed by atoms with Crippen molar-refractivity contribution in [3.63, 3.8) is 0 Å². The molecule has 30 heavy (non-hydrogen) atoms. The highest BCUT2D eigenvalue weighted by Gasteiger charge is 2.13. The molecule has 0 amide bonds. The van der Waals surface area contributed by atoms with E-state index in [1.54, 1.807) is 12.1 Å². The molecule has 0 saturated heterocycles. The second kappa shape index (κ2) is 8.46. The number of halogens is 2. The van der Waals surface area contributed by atoms with Crippen LogP contribution in [0.4, 0.5) is 4.39 Å². The van der Waals surface area contributed by atoms with Crippen molar-refractivity contribution < 1.29 is 13.7 Å². The Balaban J connectivity index is 1.58. The van der Waals surface area contributed by atoms with Crippen LogP contribution in [0.1, 0.15) is 12.8 Å². The van der Waals surface area contributed by atoms with E-state index in [9.17, 15) is 9.18 Å². The Bertz CT molecular complexity index is 1240. The Morgan fingerprint density at radius 3 is 2.60 bits per heavy atom. The minimum absolute atomic E-state index is 0.00400. The first-order chi connectivity index (χ1) is 14.5. The van der Waals surface area contributed by atoms with Gasteiger partial charge in [-0.1, -0.05) is 16.8 Å². The number of benzene rings is 2. The van der Waals surface area contributed by atoms with Gasteiger partial charge in [-0.05, 0) is 55.5 Å². The van der Waals surface area contributed by atoms with Crippen LogP contribution in [-0.4, -0.2) is 26.5 Å². The van der Waals surface area contributed by atoms with Crippen LogP contribution in [-0.2, 0) is 6.54 Å². The number of hydrogen-bond donors (Lipinski definition) is 0. The summed E-state index contributed by atoms with van der Waals surface area (Å²) in [5.41, 5.74) is 1.53. The van der Waals surface area contributed by atoms with Gasteiger partial charge in [0.1, 0.15) is 18.1 Å². The minimum atomic E-state index is -0.582. The van der Waals surface area contributed by atoms with E-state index in [4.69, 9.17) is 20.9 Å². The van der Waals surface area contributed by atoms with Crippen LogP contribution in [0.3, 0.4) is 0 Å². The third kappa shape index (κ3) is 4.23. The van der Waals surface area contributed by atoms with E-state index < -0.39 is 5.82 Å². The fourth-order valence-electron chi connectivity index (χ4n) is 2.80. The molecule has 0 spiro atoms. The summed E-state index contributed by atoms with van der Waals surface area (Å²) in [6, 6.07) is 14.7. The van der Waals surface area contributed by atoms with E-state index in [0.29, 0.717) is 17.9 Å². The molecule has 2 aromatic heterocycles. The van der Waals surface area contributed by atoms with Crippen LogP contribution in [0.15, 0.2) is 63.9 Å². The summed E-state index contributed by atoms with van der Waals surface area (Å²) in [7, 11) is 0. The van der Waals surface area contributed by atoms with E-state index in [0.717, 1.165) is 11.3 Å². The molecule has 2 aromatic carbocycles. The number of aromatic nitrogens is 4. The van der Waals surface area contributed by atoms with Crippen molar-refractivity contribution in [2.24, 2.45) is 0 Å². The molecule has 0 aliphatic rings. The first-order valence-corrected chi connectivity index (χ1v) is 9.50. The second-order valence-electron chi connectivity index (χ2n) is 6.31. The molecule has 0 radical (unpaired) electrons. The summed E-state index contributed by atoms with van der Waals surface area (Å²) < 4.78 is 25.5. The number of nitrogens with zero attached hydrogens (tertiary/aromatic N) is 4. The summed E-state index contributed by atoms with van der Waals surface area (Å²) in [4.78, 5) is 16.5. The van der Waals surface area contributed by atoms with Crippen LogP contribution in [0.5, 0.6) is 5.75 Å². The third-order valence-electron chi connectivity index (χ3n) is 4.26. The first kappa shape index (κ1) is 19.8. The van der Waals surface area contributed by atoms with Gasteiger partial charge in [0.05, 0.1) is 17.3 Å². The lowest BCUT2D eigenvalue weighted by Gasteiger charge is -2.07. The Labute approximate surface area is 175 Å². The molecule has 7 nitrogen and oxygen atoms in total. The highest BCUT2D eigenvalue weighted by molar-refractivity contribution is 6.30. The average molecular weight is 427 g/mol. The molecule has 152 valence electrons. The maximum absolute atomic E-state index is 13.7. The molecule has 0 aliphatic carbocycles. The highest BCUT2D eigenvalue weighted by atomic mass is 35.5. The molecule has 9 heteroatoms. The van der Waals surface area contributed by atoms with Gasteiger partial charge in [0.25, 0.3) is 5.56 Å². The molecule has 0 aliphatic heterocycles. The largest absolute Gasteiger partial charge is 0.494 e. The maximum Gasteiger partial charge on any atom is 0.267 e. The first-order valence-electron chi connectivity index (χ1n) is 9.13. The van der Waals surface area contributed by atoms with E-state index in [-0.39, 0.29) is 28.8 Å².